The molecule has 3 rings (SSSR count). The maximum atomic E-state index is 12.4. The van der Waals surface area contributed by atoms with Crippen LogP contribution in [0.4, 0.5) is 4.79 Å². The minimum atomic E-state index is -0.927. The van der Waals surface area contributed by atoms with Crippen LogP contribution in [0.2, 0.25) is 0 Å². The lowest BCUT2D eigenvalue weighted by Gasteiger charge is -2.19. The molecule has 35 heavy (non-hydrogen) atoms. The van der Waals surface area contributed by atoms with Crippen molar-refractivity contribution in [3.05, 3.63) is 59.7 Å². The number of alkyl carbamates (subject to hydrolysis) is 1. The quantitative estimate of drug-likeness (QED) is 0.399. The van der Waals surface area contributed by atoms with Gasteiger partial charge in [0.25, 0.3) is 0 Å². The minimum Gasteiger partial charge on any atom is -0.481 e. The molecule has 0 heterocycles. The molecule has 0 spiro atoms. The summed E-state index contributed by atoms with van der Waals surface area (Å²) in [6.07, 6.45) is 2.22. The second kappa shape index (κ2) is 12.4. The third-order valence-corrected chi connectivity index (χ3v) is 7.05. The Hall–Kier alpha value is -3.35. The van der Waals surface area contributed by atoms with Crippen molar-refractivity contribution in [3.63, 3.8) is 0 Å². The maximum Gasteiger partial charge on any atom is 0.407 e. The van der Waals surface area contributed by atoms with E-state index in [0.717, 1.165) is 12.8 Å². The summed E-state index contributed by atoms with van der Waals surface area (Å²) in [5.74, 6) is -1.40. The highest BCUT2D eigenvalue weighted by Gasteiger charge is 2.29. The van der Waals surface area contributed by atoms with E-state index in [1.54, 1.807) is 13.8 Å². The van der Waals surface area contributed by atoms with Crippen LogP contribution in [0.15, 0.2) is 48.5 Å². The number of fused-ring (bicyclic) bond motifs is 3. The number of hydrogen-bond acceptors (Lipinski definition) is 4. The molecule has 2 aromatic carbocycles. The third kappa shape index (κ3) is 6.84. The van der Waals surface area contributed by atoms with Gasteiger partial charge in [-0.3, -0.25) is 9.59 Å². The van der Waals surface area contributed by atoms with Crippen molar-refractivity contribution in [2.45, 2.75) is 58.4 Å². The normalized spacial score (nSPS) is 14.8. The van der Waals surface area contributed by atoms with Crippen LogP contribution in [0.3, 0.4) is 0 Å². The predicted molar refractivity (Wildman–Crippen MR) is 135 cm³/mol. The summed E-state index contributed by atoms with van der Waals surface area (Å²) in [5, 5.41) is 14.7. The van der Waals surface area contributed by atoms with Crippen LogP contribution in [-0.2, 0) is 14.3 Å². The number of carboxylic acids is 1. The van der Waals surface area contributed by atoms with Gasteiger partial charge in [0.15, 0.2) is 0 Å². The molecule has 7 nitrogen and oxygen atoms in total. The lowest BCUT2D eigenvalue weighted by atomic mass is 9.96. The second-order valence-corrected chi connectivity index (χ2v) is 9.34. The molecule has 3 unspecified atom stereocenters. The number of benzene rings is 2. The smallest absolute Gasteiger partial charge is 0.407 e. The number of nitrogens with one attached hydrogen (secondary N) is 2. The second-order valence-electron chi connectivity index (χ2n) is 9.34. The highest BCUT2D eigenvalue weighted by molar-refractivity contribution is 5.79. The van der Waals surface area contributed by atoms with E-state index in [9.17, 15) is 14.4 Å². The van der Waals surface area contributed by atoms with Gasteiger partial charge < -0.3 is 20.5 Å². The van der Waals surface area contributed by atoms with E-state index in [4.69, 9.17) is 9.84 Å². The molecule has 2 aromatic rings. The fourth-order valence-electron chi connectivity index (χ4n) is 4.58. The van der Waals surface area contributed by atoms with Crippen molar-refractivity contribution in [2.75, 3.05) is 13.2 Å². The minimum absolute atomic E-state index is 0.0290. The molecule has 0 radical (unpaired) electrons. The molecule has 188 valence electrons. The zero-order chi connectivity index (χ0) is 25.4. The Morgan fingerprint density at radius 3 is 2.14 bits per heavy atom. The standard InChI is InChI=1S/C28H36N2O5/c1-4-20(13-14-26(31)30-19(3)18(2)27(32)33)15-16-29-28(34)35-17-25-23-11-7-5-9-21(23)22-10-6-8-12-24(22)25/h5-12,18-20,25H,4,13-17H2,1-3H3,(H,29,34)(H,30,31)(H,32,33). The van der Waals surface area contributed by atoms with Gasteiger partial charge in [-0.2, -0.15) is 0 Å². The van der Waals surface area contributed by atoms with Crippen LogP contribution < -0.4 is 10.6 Å². The number of carbonyl (C=O) groups excluding carboxylic acids is 2. The molecule has 3 N–H and O–H groups in total. The summed E-state index contributed by atoms with van der Waals surface area (Å²) in [5.41, 5.74) is 4.74. The molecule has 0 aromatic heterocycles. The number of carbonyl (C=O) groups is 3. The molecule has 2 amide bonds. The maximum absolute atomic E-state index is 12.4. The molecule has 0 bridgehead atoms. The molecule has 1 aliphatic carbocycles. The average molecular weight is 481 g/mol. The molecule has 0 fully saturated rings. The van der Waals surface area contributed by atoms with Gasteiger partial charge in [-0.15, -0.1) is 0 Å². The van der Waals surface area contributed by atoms with E-state index in [1.807, 2.05) is 24.3 Å². The first-order valence-electron chi connectivity index (χ1n) is 12.4. The highest BCUT2D eigenvalue weighted by atomic mass is 16.5. The fourth-order valence-corrected chi connectivity index (χ4v) is 4.58. The van der Waals surface area contributed by atoms with Crippen molar-refractivity contribution in [1.29, 1.82) is 0 Å². The zero-order valence-electron chi connectivity index (χ0n) is 20.8. The zero-order valence-corrected chi connectivity index (χ0v) is 20.8. The highest BCUT2D eigenvalue weighted by Crippen LogP contribution is 2.44. The number of ether oxygens (including phenoxy) is 1. The van der Waals surface area contributed by atoms with Gasteiger partial charge in [0.05, 0.1) is 5.92 Å². The van der Waals surface area contributed by atoms with Gasteiger partial charge in [0.2, 0.25) is 5.91 Å². The van der Waals surface area contributed by atoms with Crippen LogP contribution >= 0.6 is 0 Å². The number of hydrogen-bond donors (Lipinski definition) is 3. The summed E-state index contributed by atoms with van der Waals surface area (Å²) in [6.45, 7) is 6.10. The van der Waals surface area contributed by atoms with Crippen LogP contribution in [0.5, 0.6) is 0 Å². The molecular weight excluding hydrogens is 444 g/mol. The van der Waals surface area contributed by atoms with E-state index in [0.29, 0.717) is 19.4 Å². The molecule has 3 atom stereocenters. The molecule has 0 aliphatic heterocycles. The van der Waals surface area contributed by atoms with Gasteiger partial charge in [-0.25, -0.2) is 4.79 Å². The summed E-state index contributed by atoms with van der Waals surface area (Å²) in [7, 11) is 0. The van der Waals surface area contributed by atoms with Crippen molar-refractivity contribution < 1.29 is 24.2 Å². The van der Waals surface area contributed by atoms with E-state index in [1.165, 1.54) is 22.3 Å². The number of rotatable bonds is 12. The van der Waals surface area contributed by atoms with Crippen LogP contribution in [0.25, 0.3) is 11.1 Å². The molecule has 7 heteroatoms. The Kier molecular flexibility index (Phi) is 9.29. The predicted octanol–water partition coefficient (Wildman–Crippen LogP) is 4.95. The van der Waals surface area contributed by atoms with Crippen molar-refractivity contribution in [3.8, 4) is 11.1 Å². The summed E-state index contributed by atoms with van der Waals surface area (Å²) in [4.78, 5) is 35.6. The molecule has 0 saturated carbocycles. The topological polar surface area (TPSA) is 105 Å². The largest absolute Gasteiger partial charge is 0.481 e. The van der Waals surface area contributed by atoms with Crippen molar-refractivity contribution in [1.82, 2.24) is 10.6 Å². The van der Waals surface area contributed by atoms with Gasteiger partial charge in [-0.05, 0) is 54.9 Å². The van der Waals surface area contributed by atoms with Gasteiger partial charge in [0, 0.05) is 24.9 Å². The number of amides is 2. The first kappa shape index (κ1) is 26.3. The van der Waals surface area contributed by atoms with E-state index in [2.05, 4.69) is 41.8 Å². The van der Waals surface area contributed by atoms with Crippen molar-refractivity contribution in [2.24, 2.45) is 11.8 Å². The number of carboxylic acid groups (broad SMARTS) is 1. The first-order valence-corrected chi connectivity index (χ1v) is 12.4. The van der Waals surface area contributed by atoms with E-state index < -0.39 is 24.0 Å². The Morgan fingerprint density at radius 2 is 1.57 bits per heavy atom. The number of aliphatic carboxylic acids is 1. The fraction of sp³-hybridized carbons (Fsp3) is 0.464. The molecule has 0 saturated heterocycles. The monoisotopic (exact) mass is 480 g/mol. The Morgan fingerprint density at radius 1 is 0.971 bits per heavy atom. The van der Waals surface area contributed by atoms with Crippen LogP contribution in [-0.4, -0.2) is 42.3 Å². The Bertz CT molecular complexity index is 992. The third-order valence-electron chi connectivity index (χ3n) is 7.05. The van der Waals surface area contributed by atoms with Gasteiger partial charge >= 0.3 is 12.1 Å². The summed E-state index contributed by atoms with van der Waals surface area (Å²) in [6, 6.07) is 16.0. The SMILES string of the molecule is CCC(CCNC(=O)OCC1c2ccccc2-c2ccccc21)CCC(=O)NC(C)C(C)C(=O)O. The van der Waals surface area contributed by atoms with Crippen LogP contribution in [0.1, 0.15) is 63.5 Å². The summed E-state index contributed by atoms with van der Waals surface area (Å²) < 4.78 is 5.58. The van der Waals surface area contributed by atoms with Gasteiger partial charge in [0.1, 0.15) is 6.61 Å². The first-order chi connectivity index (χ1) is 16.8. The Balaban J connectivity index is 1.40. The van der Waals surface area contributed by atoms with Gasteiger partial charge in [-0.1, -0.05) is 61.9 Å². The molecule has 1 aliphatic rings. The average Bonchev–Trinajstić information content (AvgIpc) is 3.17. The lowest BCUT2D eigenvalue weighted by Crippen LogP contribution is -2.40. The van der Waals surface area contributed by atoms with E-state index >= 15 is 0 Å². The molecular formula is C28H36N2O5. The Labute approximate surface area is 207 Å². The van der Waals surface area contributed by atoms with Crippen LogP contribution in [0, 0.1) is 11.8 Å². The summed E-state index contributed by atoms with van der Waals surface area (Å²) >= 11 is 0. The van der Waals surface area contributed by atoms with E-state index in [-0.39, 0.29) is 24.3 Å². The lowest BCUT2D eigenvalue weighted by molar-refractivity contribution is -0.142. The van der Waals surface area contributed by atoms with Crippen molar-refractivity contribution >= 4 is 18.0 Å².